The van der Waals surface area contributed by atoms with Crippen LogP contribution in [0.1, 0.15) is 90.9 Å². The predicted molar refractivity (Wildman–Crippen MR) is 103 cm³/mol. The van der Waals surface area contributed by atoms with Crippen molar-refractivity contribution in [1.82, 2.24) is 0 Å². The topological polar surface area (TPSA) is 57.5 Å². The van der Waals surface area contributed by atoms with Crippen LogP contribution in [-0.4, -0.2) is 22.3 Å². The number of aliphatic hydroxyl groups excluding tert-OH is 1. The zero-order chi connectivity index (χ0) is 18.5. The number of fused-ring (bicyclic) bond motifs is 5. The second kappa shape index (κ2) is 6.79. The molecular formula is C23H38O3. The first-order valence-corrected chi connectivity index (χ1v) is 11.3. The van der Waals surface area contributed by atoms with Crippen molar-refractivity contribution in [1.29, 1.82) is 0 Å². The maximum atomic E-state index is 11.2. The Morgan fingerprint density at radius 2 is 1.77 bits per heavy atom. The second-order valence-electron chi connectivity index (χ2n) is 10.6. The van der Waals surface area contributed by atoms with Gasteiger partial charge in [-0.25, -0.2) is 0 Å². The van der Waals surface area contributed by atoms with Gasteiger partial charge in [0, 0.05) is 6.42 Å². The van der Waals surface area contributed by atoms with E-state index in [1.54, 1.807) is 0 Å². The highest BCUT2D eigenvalue weighted by molar-refractivity contribution is 5.66. The fraction of sp³-hybridized carbons (Fsp3) is 0.957. The van der Waals surface area contributed by atoms with Crippen LogP contribution in [0.15, 0.2) is 0 Å². The van der Waals surface area contributed by atoms with Crippen molar-refractivity contribution in [3.63, 3.8) is 0 Å². The SMILES string of the molecule is CC12CC[C@@H]3[C@H](C1CC[C@@H]2CCCC(=O)O)[C@@H](O)CC1CCCCC13C. The van der Waals surface area contributed by atoms with Crippen molar-refractivity contribution in [2.24, 2.45) is 40.4 Å². The zero-order valence-corrected chi connectivity index (χ0v) is 16.8. The van der Waals surface area contributed by atoms with Gasteiger partial charge in [-0.1, -0.05) is 26.7 Å². The molecule has 4 aliphatic rings. The van der Waals surface area contributed by atoms with E-state index in [0.717, 1.165) is 25.2 Å². The van der Waals surface area contributed by atoms with E-state index < -0.39 is 5.97 Å². The van der Waals surface area contributed by atoms with E-state index in [4.69, 9.17) is 5.11 Å². The van der Waals surface area contributed by atoms with Crippen molar-refractivity contribution >= 4 is 5.97 Å². The van der Waals surface area contributed by atoms with Gasteiger partial charge in [-0.15, -0.1) is 0 Å². The Bertz CT molecular complexity index is 546. The van der Waals surface area contributed by atoms with Crippen LogP contribution in [0.2, 0.25) is 0 Å². The van der Waals surface area contributed by atoms with E-state index in [2.05, 4.69) is 13.8 Å². The van der Waals surface area contributed by atoms with Crippen LogP contribution in [0.3, 0.4) is 0 Å². The summed E-state index contributed by atoms with van der Waals surface area (Å²) in [6.07, 6.45) is 13.7. The molecule has 0 aliphatic heterocycles. The Labute approximate surface area is 158 Å². The number of hydrogen-bond acceptors (Lipinski definition) is 2. The highest BCUT2D eigenvalue weighted by Gasteiger charge is 2.61. The summed E-state index contributed by atoms with van der Waals surface area (Å²) < 4.78 is 0. The highest BCUT2D eigenvalue weighted by atomic mass is 16.4. The van der Waals surface area contributed by atoms with Crippen molar-refractivity contribution in [2.45, 2.75) is 97.0 Å². The second-order valence-corrected chi connectivity index (χ2v) is 10.6. The molecule has 2 N–H and O–H groups in total. The molecule has 4 aliphatic carbocycles. The van der Waals surface area contributed by atoms with Gasteiger partial charge in [0.15, 0.2) is 0 Å². The quantitative estimate of drug-likeness (QED) is 0.717. The van der Waals surface area contributed by atoms with E-state index in [0.29, 0.717) is 40.9 Å². The van der Waals surface area contributed by atoms with Crippen LogP contribution < -0.4 is 0 Å². The Morgan fingerprint density at radius 1 is 1.00 bits per heavy atom. The number of rotatable bonds is 4. The molecule has 4 unspecified atom stereocenters. The molecule has 0 aromatic heterocycles. The molecule has 4 rings (SSSR count). The van der Waals surface area contributed by atoms with E-state index in [1.165, 1.54) is 51.4 Å². The van der Waals surface area contributed by atoms with Crippen molar-refractivity contribution < 1.29 is 15.0 Å². The Hall–Kier alpha value is -0.570. The largest absolute Gasteiger partial charge is 0.481 e. The third-order valence-corrected chi connectivity index (χ3v) is 9.74. The molecule has 0 bridgehead atoms. The van der Waals surface area contributed by atoms with Crippen LogP contribution in [0.25, 0.3) is 0 Å². The zero-order valence-electron chi connectivity index (χ0n) is 16.8. The number of carboxylic acid groups (broad SMARTS) is 1. The average molecular weight is 363 g/mol. The lowest BCUT2D eigenvalue weighted by Gasteiger charge is -2.62. The van der Waals surface area contributed by atoms with E-state index >= 15 is 0 Å². The number of aliphatic carboxylic acids is 1. The predicted octanol–water partition coefficient (Wildman–Crippen LogP) is 5.26. The minimum atomic E-state index is -0.660. The third kappa shape index (κ3) is 2.84. The van der Waals surface area contributed by atoms with Gasteiger partial charge in [-0.3, -0.25) is 4.79 Å². The van der Waals surface area contributed by atoms with Crippen LogP contribution in [0.5, 0.6) is 0 Å². The average Bonchev–Trinajstić information content (AvgIpc) is 2.92. The fourth-order valence-electron chi connectivity index (χ4n) is 8.34. The number of carbonyl (C=O) groups is 1. The molecule has 0 heterocycles. The molecule has 4 saturated carbocycles. The first-order valence-electron chi connectivity index (χ1n) is 11.3. The Kier molecular flexibility index (Phi) is 4.91. The highest BCUT2D eigenvalue weighted by Crippen LogP contribution is 2.67. The lowest BCUT2D eigenvalue weighted by Crippen LogP contribution is -2.57. The van der Waals surface area contributed by atoms with Crippen molar-refractivity contribution in [3.8, 4) is 0 Å². The number of aliphatic hydroxyl groups is 1. The molecule has 0 spiro atoms. The molecule has 0 radical (unpaired) electrons. The van der Waals surface area contributed by atoms with Crippen LogP contribution in [-0.2, 0) is 4.79 Å². The monoisotopic (exact) mass is 362 g/mol. The number of carboxylic acids is 1. The van der Waals surface area contributed by atoms with Crippen LogP contribution >= 0.6 is 0 Å². The molecular weight excluding hydrogens is 324 g/mol. The van der Waals surface area contributed by atoms with E-state index in [9.17, 15) is 9.90 Å². The lowest BCUT2D eigenvalue weighted by atomic mass is 9.44. The first-order chi connectivity index (χ1) is 12.4. The molecule has 0 aromatic rings. The Morgan fingerprint density at radius 3 is 2.54 bits per heavy atom. The standard InChI is InChI=1S/C23H38O3/c1-22-12-4-3-6-16(22)14-19(24)21-17-10-9-15(7-5-8-20(25)26)23(17,2)13-11-18(21)22/h15-19,21,24H,3-14H2,1-2H3,(H,25,26)/t15-,16?,17?,18+,19-,21-,22?,23?/m0/s1. The fourth-order valence-corrected chi connectivity index (χ4v) is 8.34. The van der Waals surface area contributed by atoms with Gasteiger partial charge in [0.1, 0.15) is 0 Å². The van der Waals surface area contributed by atoms with E-state index in [-0.39, 0.29) is 6.10 Å². The number of hydrogen-bond donors (Lipinski definition) is 2. The van der Waals surface area contributed by atoms with Gasteiger partial charge in [-0.05, 0) is 98.2 Å². The summed E-state index contributed by atoms with van der Waals surface area (Å²) in [5.41, 5.74) is 0.795. The smallest absolute Gasteiger partial charge is 0.303 e. The summed E-state index contributed by atoms with van der Waals surface area (Å²) >= 11 is 0. The molecule has 3 heteroatoms. The van der Waals surface area contributed by atoms with Gasteiger partial charge in [0.25, 0.3) is 0 Å². The van der Waals surface area contributed by atoms with Gasteiger partial charge in [0.2, 0.25) is 0 Å². The van der Waals surface area contributed by atoms with Gasteiger partial charge >= 0.3 is 5.97 Å². The summed E-state index contributed by atoms with van der Waals surface area (Å²) in [5, 5.41) is 20.2. The molecule has 26 heavy (non-hydrogen) atoms. The van der Waals surface area contributed by atoms with Gasteiger partial charge in [0.05, 0.1) is 6.10 Å². The first kappa shape index (κ1) is 18.8. The summed E-state index contributed by atoms with van der Waals surface area (Å²) in [5.74, 6) is 2.62. The van der Waals surface area contributed by atoms with Crippen LogP contribution in [0, 0.1) is 40.4 Å². The maximum Gasteiger partial charge on any atom is 0.303 e. The molecule has 3 nitrogen and oxygen atoms in total. The normalized spacial score (nSPS) is 50.6. The lowest BCUT2D eigenvalue weighted by molar-refractivity contribution is -0.162. The van der Waals surface area contributed by atoms with E-state index in [1.807, 2.05) is 0 Å². The summed E-state index contributed by atoms with van der Waals surface area (Å²) in [6, 6.07) is 0. The van der Waals surface area contributed by atoms with Crippen LogP contribution in [0.4, 0.5) is 0 Å². The molecule has 0 aromatic carbocycles. The molecule has 148 valence electrons. The summed E-state index contributed by atoms with van der Waals surface area (Å²) in [7, 11) is 0. The molecule has 8 atom stereocenters. The third-order valence-electron chi connectivity index (χ3n) is 9.74. The molecule has 0 saturated heterocycles. The minimum absolute atomic E-state index is 0.0985. The minimum Gasteiger partial charge on any atom is -0.481 e. The molecule has 4 fully saturated rings. The summed E-state index contributed by atoms with van der Waals surface area (Å²) in [6.45, 7) is 5.04. The summed E-state index contributed by atoms with van der Waals surface area (Å²) in [4.78, 5) is 10.9. The van der Waals surface area contributed by atoms with Gasteiger partial charge in [-0.2, -0.15) is 0 Å². The van der Waals surface area contributed by atoms with Gasteiger partial charge < -0.3 is 10.2 Å². The maximum absolute atomic E-state index is 11.2. The molecule has 0 amide bonds. The van der Waals surface area contributed by atoms with Crippen molar-refractivity contribution in [3.05, 3.63) is 0 Å². The Balaban J connectivity index is 1.53. The van der Waals surface area contributed by atoms with Crippen molar-refractivity contribution in [2.75, 3.05) is 0 Å².